The highest BCUT2D eigenvalue weighted by molar-refractivity contribution is 6.00. The van der Waals surface area contributed by atoms with Crippen molar-refractivity contribution in [2.24, 2.45) is 0 Å². The van der Waals surface area contributed by atoms with Gasteiger partial charge in [0.1, 0.15) is 18.4 Å². The Morgan fingerprint density at radius 2 is 1.97 bits per heavy atom. The average Bonchev–Trinajstić information content (AvgIpc) is 3.46. The Kier molecular flexibility index (Phi) is 5.84. The van der Waals surface area contributed by atoms with Crippen molar-refractivity contribution in [2.75, 3.05) is 11.9 Å². The number of likely N-dealkylation sites (tertiary alicyclic amines) is 1. The van der Waals surface area contributed by atoms with Crippen LogP contribution in [0.1, 0.15) is 34.5 Å². The number of carbonyl (C=O) groups is 2. The van der Waals surface area contributed by atoms with Gasteiger partial charge >= 0.3 is 0 Å². The number of rotatable bonds is 6. The summed E-state index contributed by atoms with van der Waals surface area (Å²) in [6.07, 6.45) is 2.88. The first-order valence-corrected chi connectivity index (χ1v) is 10.0. The largest absolute Gasteiger partial charge is 0.489 e. The Labute approximate surface area is 175 Å². The second kappa shape index (κ2) is 8.86. The summed E-state index contributed by atoms with van der Waals surface area (Å²) in [5.74, 6) is 0.558. The molecule has 1 unspecified atom stereocenters. The van der Waals surface area contributed by atoms with E-state index in [1.807, 2.05) is 55.5 Å². The molecule has 4 rings (SSSR count). The zero-order valence-corrected chi connectivity index (χ0v) is 16.8. The van der Waals surface area contributed by atoms with Gasteiger partial charge in [-0.15, -0.1) is 0 Å². The van der Waals surface area contributed by atoms with Gasteiger partial charge in [0.15, 0.2) is 5.76 Å². The molecule has 0 aliphatic carbocycles. The minimum Gasteiger partial charge on any atom is -0.489 e. The van der Waals surface area contributed by atoms with E-state index in [-0.39, 0.29) is 17.6 Å². The summed E-state index contributed by atoms with van der Waals surface area (Å²) in [5.41, 5.74) is 2.70. The van der Waals surface area contributed by atoms with Crippen molar-refractivity contribution in [3.05, 3.63) is 83.8 Å². The van der Waals surface area contributed by atoms with Crippen molar-refractivity contribution >= 4 is 17.5 Å². The van der Waals surface area contributed by atoms with Gasteiger partial charge in [-0.3, -0.25) is 9.59 Å². The molecule has 1 saturated heterocycles. The zero-order valence-electron chi connectivity index (χ0n) is 16.8. The minimum atomic E-state index is -0.504. The molecular weight excluding hydrogens is 380 g/mol. The molecule has 6 heteroatoms. The first kappa shape index (κ1) is 19.8. The van der Waals surface area contributed by atoms with Gasteiger partial charge < -0.3 is 19.4 Å². The standard InChI is InChI=1S/C24H24N2O4/c1-17-15-19(30-16-18-7-3-2-4-8-18)11-12-20(17)25-23(27)21-9-5-13-26(21)24(28)22-10-6-14-29-22/h2-4,6-8,10-12,14-15,21H,5,9,13,16H2,1H3,(H,25,27). The van der Waals surface area contributed by atoms with Crippen LogP contribution in [-0.4, -0.2) is 29.3 Å². The predicted molar refractivity (Wildman–Crippen MR) is 113 cm³/mol. The number of nitrogens with zero attached hydrogens (tertiary/aromatic N) is 1. The van der Waals surface area contributed by atoms with Gasteiger partial charge in [0.05, 0.1) is 6.26 Å². The number of amides is 2. The van der Waals surface area contributed by atoms with E-state index in [9.17, 15) is 9.59 Å². The average molecular weight is 404 g/mol. The van der Waals surface area contributed by atoms with E-state index < -0.39 is 6.04 Å². The number of anilines is 1. The topological polar surface area (TPSA) is 71.8 Å². The van der Waals surface area contributed by atoms with Gasteiger partial charge in [-0.1, -0.05) is 30.3 Å². The number of ether oxygens (including phenoxy) is 1. The lowest BCUT2D eigenvalue weighted by Crippen LogP contribution is -2.43. The van der Waals surface area contributed by atoms with Crippen LogP contribution < -0.4 is 10.1 Å². The highest BCUT2D eigenvalue weighted by Gasteiger charge is 2.35. The molecule has 2 heterocycles. The molecule has 0 radical (unpaired) electrons. The summed E-state index contributed by atoms with van der Waals surface area (Å²) in [7, 11) is 0. The molecule has 6 nitrogen and oxygen atoms in total. The van der Waals surface area contributed by atoms with E-state index in [4.69, 9.17) is 9.15 Å². The maximum atomic E-state index is 12.9. The van der Waals surface area contributed by atoms with Crippen LogP contribution in [0.15, 0.2) is 71.3 Å². The number of hydrogen-bond acceptors (Lipinski definition) is 4. The van der Waals surface area contributed by atoms with Crippen molar-refractivity contribution in [1.29, 1.82) is 0 Å². The molecule has 0 bridgehead atoms. The van der Waals surface area contributed by atoms with Crippen LogP contribution in [0.3, 0.4) is 0 Å². The molecular formula is C24H24N2O4. The molecule has 0 spiro atoms. The molecule has 1 fully saturated rings. The predicted octanol–water partition coefficient (Wildman–Crippen LogP) is 4.41. The lowest BCUT2D eigenvalue weighted by Gasteiger charge is -2.23. The molecule has 1 aliphatic rings. The number of hydrogen-bond donors (Lipinski definition) is 1. The fourth-order valence-electron chi connectivity index (χ4n) is 3.65. The third kappa shape index (κ3) is 4.38. The van der Waals surface area contributed by atoms with Crippen LogP contribution in [0.2, 0.25) is 0 Å². The maximum absolute atomic E-state index is 12.9. The van der Waals surface area contributed by atoms with Crippen LogP contribution >= 0.6 is 0 Å². The van der Waals surface area contributed by atoms with E-state index in [2.05, 4.69) is 5.32 Å². The molecule has 30 heavy (non-hydrogen) atoms. The highest BCUT2D eigenvalue weighted by atomic mass is 16.5. The summed E-state index contributed by atoms with van der Waals surface area (Å²) >= 11 is 0. The Balaban J connectivity index is 1.39. The lowest BCUT2D eigenvalue weighted by molar-refractivity contribution is -0.119. The first-order valence-electron chi connectivity index (χ1n) is 10.0. The van der Waals surface area contributed by atoms with Gasteiger partial charge in [0.2, 0.25) is 5.91 Å². The lowest BCUT2D eigenvalue weighted by atomic mass is 10.1. The van der Waals surface area contributed by atoms with Crippen LogP contribution in [-0.2, 0) is 11.4 Å². The van der Waals surface area contributed by atoms with E-state index in [1.165, 1.54) is 6.26 Å². The Hall–Kier alpha value is -3.54. The summed E-state index contributed by atoms with van der Waals surface area (Å²) in [6, 6.07) is 18.3. The van der Waals surface area contributed by atoms with E-state index in [0.717, 1.165) is 23.3 Å². The fraction of sp³-hybridized carbons (Fsp3) is 0.250. The molecule has 1 N–H and O–H groups in total. The van der Waals surface area contributed by atoms with Gasteiger partial charge in [-0.05, 0) is 61.2 Å². The van der Waals surface area contributed by atoms with Gasteiger partial charge in [0, 0.05) is 12.2 Å². The smallest absolute Gasteiger partial charge is 0.290 e. The van der Waals surface area contributed by atoms with Crippen molar-refractivity contribution < 1.29 is 18.7 Å². The monoisotopic (exact) mass is 404 g/mol. The fourth-order valence-corrected chi connectivity index (χ4v) is 3.65. The number of furan rings is 1. The first-order chi connectivity index (χ1) is 14.6. The third-order valence-corrected chi connectivity index (χ3v) is 5.25. The highest BCUT2D eigenvalue weighted by Crippen LogP contribution is 2.25. The molecule has 3 aromatic rings. The second-order valence-corrected chi connectivity index (χ2v) is 7.37. The van der Waals surface area contributed by atoms with Crippen LogP contribution in [0.5, 0.6) is 5.75 Å². The number of benzene rings is 2. The van der Waals surface area contributed by atoms with Gasteiger partial charge in [0.25, 0.3) is 5.91 Å². The molecule has 2 aromatic carbocycles. The van der Waals surface area contributed by atoms with Gasteiger partial charge in [-0.25, -0.2) is 0 Å². The van der Waals surface area contributed by atoms with Crippen molar-refractivity contribution in [2.45, 2.75) is 32.4 Å². The third-order valence-electron chi connectivity index (χ3n) is 5.25. The van der Waals surface area contributed by atoms with Crippen molar-refractivity contribution in [3.8, 4) is 5.75 Å². The summed E-state index contributed by atoms with van der Waals surface area (Å²) < 4.78 is 11.1. The summed E-state index contributed by atoms with van der Waals surface area (Å²) in [5, 5.41) is 2.96. The van der Waals surface area contributed by atoms with E-state index >= 15 is 0 Å². The number of nitrogens with one attached hydrogen (secondary N) is 1. The molecule has 2 amide bonds. The molecule has 154 valence electrons. The van der Waals surface area contributed by atoms with Gasteiger partial charge in [-0.2, -0.15) is 0 Å². The Morgan fingerprint density at radius 3 is 2.70 bits per heavy atom. The number of carbonyl (C=O) groups excluding carboxylic acids is 2. The summed E-state index contributed by atoms with van der Waals surface area (Å²) in [4.78, 5) is 27.1. The summed E-state index contributed by atoms with van der Waals surface area (Å²) in [6.45, 7) is 2.95. The van der Waals surface area contributed by atoms with Crippen molar-refractivity contribution in [1.82, 2.24) is 4.90 Å². The van der Waals surface area contributed by atoms with Crippen LogP contribution in [0.25, 0.3) is 0 Å². The van der Waals surface area contributed by atoms with Crippen molar-refractivity contribution in [3.63, 3.8) is 0 Å². The van der Waals surface area contributed by atoms with Crippen LogP contribution in [0.4, 0.5) is 5.69 Å². The molecule has 1 atom stereocenters. The number of aryl methyl sites for hydroxylation is 1. The SMILES string of the molecule is Cc1cc(OCc2ccccc2)ccc1NC(=O)C1CCCN1C(=O)c1ccco1. The Morgan fingerprint density at radius 1 is 1.13 bits per heavy atom. The van der Waals surface area contributed by atoms with E-state index in [1.54, 1.807) is 17.0 Å². The quantitative estimate of drug-likeness (QED) is 0.661. The minimum absolute atomic E-state index is 0.187. The Bertz CT molecular complexity index is 1010. The molecule has 1 aliphatic heterocycles. The van der Waals surface area contributed by atoms with E-state index in [0.29, 0.717) is 25.3 Å². The molecule has 0 saturated carbocycles. The normalized spacial score (nSPS) is 15.8. The zero-order chi connectivity index (χ0) is 20.9. The van der Waals surface area contributed by atoms with Crippen LogP contribution in [0, 0.1) is 6.92 Å². The molecule has 1 aromatic heterocycles. The second-order valence-electron chi connectivity index (χ2n) is 7.37. The maximum Gasteiger partial charge on any atom is 0.290 e.